The second-order valence-electron chi connectivity index (χ2n) is 6.39. The zero-order chi connectivity index (χ0) is 15.9. The van der Waals surface area contributed by atoms with E-state index in [1.54, 1.807) is 0 Å². The van der Waals surface area contributed by atoms with Gasteiger partial charge in [0.25, 0.3) is 0 Å². The normalized spacial score (nSPS) is 21.2. The Hall–Kier alpha value is -2.15. The predicted molar refractivity (Wildman–Crippen MR) is 89.8 cm³/mol. The van der Waals surface area contributed by atoms with Gasteiger partial charge in [0.1, 0.15) is 6.61 Å². The Kier molecular flexibility index (Phi) is 3.40. The highest BCUT2D eigenvalue weighted by Crippen LogP contribution is 2.38. The van der Waals surface area contributed by atoms with Gasteiger partial charge in [-0.2, -0.15) is 9.61 Å². The van der Waals surface area contributed by atoms with Crippen LogP contribution in [-0.4, -0.2) is 26.4 Å². The third-order valence-electron chi connectivity index (χ3n) is 4.78. The van der Waals surface area contributed by atoms with Gasteiger partial charge in [-0.3, -0.25) is 0 Å². The summed E-state index contributed by atoms with van der Waals surface area (Å²) in [6, 6.07) is 7.74. The van der Waals surface area contributed by atoms with Crippen molar-refractivity contribution in [3.63, 3.8) is 0 Å². The molecule has 6 nitrogen and oxygen atoms in total. The molecule has 1 aliphatic carbocycles. The van der Waals surface area contributed by atoms with E-state index < -0.39 is 0 Å². The van der Waals surface area contributed by atoms with Crippen molar-refractivity contribution in [3.8, 4) is 11.5 Å². The van der Waals surface area contributed by atoms with E-state index in [0.717, 1.165) is 27.3 Å². The predicted octanol–water partition coefficient (Wildman–Crippen LogP) is 3.75. The number of rotatable bonds is 2. The molecule has 3 aromatic rings. The largest absolute Gasteiger partial charge is 0.485 e. The molecular weight excluding hydrogens is 324 g/mol. The average Bonchev–Trinajstić information content (AvgIpc) is 3.23. The van der Waals surface area contributed by atoms with E-state index in [-0.39, 0.29) is 6.10 Å². The number of nitrogens with zero attached hydrogens (tertiary/aromatic N) is 4. The summed E-state index contributed by atoms with van der Waals surface area (Å²) in [5, 5.41) is 14.4. The van der Waals surface area contributed by atoms with Crippen LogP contribution in [0, 0.1) is 0 Å². The molecule has 0 bridgehead atoms. The second-order valence-corrected chi connectivity index (χ2v) is 7.38. The molecule has 5 rings (SSSR count). The summed E-state index contributed by atoms with van der Waals surface area (Å²) in [5.74, 6) is 3.05. The molecule has 2 aromatic heterocycles. The third-order valence-corrected chi connectivity index (χ3v) is 5.78. The first-order chi connectivity index (χ1) is 11.9. The van der Waals surface area contributed by atoms with Crippen LogP contribution in [0.15, 0.2) is 24.3 Å². The average molecular weight is 342 g/mol. The first-order valence-electron chi connectivity index (χ1n) is 8.49. The molecule has 1 saturated carbocycles. The first-order valence-corrected chi connectivity index (χ1v) is 9.30. The summed E-state index contributed by atoms with van der Waals surface area (Å²) in [4.78, 5) is 0.841. The zero-order valence-corrected chi connectivity index (χ0v) is 14.0. The van der Waals surface area contributed by atoms with Crippen molar-refractivity contribution in [2.24, 2.45) is 0 Å². The summed E-state index contributed by atoms with van der Waals surface area (Å²) in [5.41, 5.74) is 0. The molecule has 1 aromatic carbocycles. The minimum Gasteiger partial charge on any atom is -0.485 e. The Morgan fingerprint density at radius 3 is 2.75 bits per heavy atom. The number of benzene rings is 1. The molecule has 1 aliphatic heterocycles. The van der Waals surface area contributed by atoms with Crippen molar-refractivity contribution in [3.05, 3.63) is 35.1 Å². The lowest BCUT2D eigenvalue weighted by Gasteiger charge is -2.24. The van der Waals surface area contributed by atoms with Gasteiger partial charge >= 0.3 is 0 Å². The molecule has 0 radical (unpaired) electrons. The molecule has 0 amide bonds. The Balaban J connectivity index is 1.45. The SMILES string of the molecule is c1ccc2c(c1)OC[C@H](c1nn3c(C4CCCCC4)nnc3s1)O2. The highest BCUT2D eigenvalue weighted by atomic mass is 32.1. The standard InChI is InChI=1S/C17H18N4O2S/c1-2-6-11(7-3-1)15-18-19-17-21(15)20-16(24-17)14-10-22-12-8-4-5-9-13(12)23-14/h4-5,8-9,11,14H,1-3,6-7,10H2/t14-/m1/s1. The van der Waals surface area contributed by atoms with Crippen LogP contribution < -0.4 is 9.47 Å². The van der Waals surface area contributed by atoms with Crippen LogP contribution in [0.5, 0.6) is 11.5 Å². The van der Waals surface area contributed by atoms with E-state index in [2.05, 4.69) is 10.2 Å². The summed E-state index contributed by atoms with van der Waals surface area (Å²) in [6.45, 7) is 0.472. The molecular formula is C17H18N4O2S. The molecule has 0 saturated heterocycles. The molecule has 0 unspecified atom stereocenters. The minimum absolute atomic E-state index is 0.189. The van der Waals surface area contributed by atoms with Crippen molar-refractivity contribution in [2.75, 3.05) is 6.61 Å². The lowest BCUT2D eigenvalue weighted by Crippen LogP contribution is -2.21. The van der Waals surface area contributed by atoms with Crippen molar-refractivity contribution >= 4 is 16.3 Å². The summed E-state index contributed by atoms with van der Waals surface area (Å²) < 4.78 is 13.8. The summed E-state index contributed by atoms with van der Waals surface area (Å²) in [6.07, 6.45) is 6.05. The summed E-state index contributed by atoms with van der Waals surface area (Å²) >= 11 is 1.54. The molecule has 0 spiro atoms. The fraction of sp³-hybridized carbons (Fsp3) is 0.471. The highest BCUT2D eigenvalue weighted by Gasteiger charge is 2.28. The fourth-order valence-electron chi connectivity index (χ4n) is 3.53. The number of hydrogen-bond donors (Lipinski definition) is 0. The monoisotopic (exact) mass is 342 g/mol. The van der Waals surface area contributed by atoms with Gasteiger partial charge in [0, 0.05) is 5.92 Å². The maximum absolute atomic E-state index is 6.06. The zero-order valence-electron chi connectivity index (χ0n) is 13.2. The van der Waals surface area contributed by atoms with Crippen LogP contribution in [0.3, 0.4) is 0 Å². The lowest BCUT2D eigenvalue weighted by atomic mass is 9.89. The van der Waals surface area contributed by atoms with Gasteiger partial charge in [-0.15, -0.1) is 10.2 Å². The molecule has 1 atom stereocenters. The number of ether oxygens (including phenoxy) is 2. The van der Waals surface area contributed by atoms with Gasteiger partial charge in [-0.1, -0.05) is 42.7 Å². The Bertz CT molecular complexity index is 868. The molecule has 1 fully saturated rings. The van der Waals surface area contributed by atoms with Crippen molar-refractivity contribution in [2.45, 2.75) is 44.1 Å². The molecule has 0 N–H and O–H groups in total. The third kappa shape index (κ3) is 2.34. The maximum atomic E-state index is 6.06. The van der Waals surface area contributed by atoms with Crippen LogP contribution in [0.4, 0.5) is 0 Å². The smallest absolute Gasteiger partial charge is 0.234 e. The minimum atomic E-state index is -0.189. The Morgan fingerprint density at radius 1 is 1.04 bits per heavy atom. The fourth-order valence-corrected chi connectivity index (χ4v) is 4.39. The van der Waals surface area contributed by atoms with Gasteiger partial charge in [-0.25, -0.2) is 0 Å². The van der Waals surface area contributed by atoms with E-state index >= 15 is 0 Å². The molecule has 3 heterocycles. The molecule has 124 valence electrons. The topological polar surface area (TPSA) is 61.5 Å². The van der Waals surface area contributed by atoms with Crippen molar-refractivity contribution < 1.29 is 9.47 Å². The molecule has 2 aliphatic rings. The van der Waals surface area contributed by atoms with Crippen molar-refractivity contribution in [1.82, 2.24) is 19.8 Å². The van der Waals surface area contributed by atoms with Gasteiger partial charge < -0.3 is 9.47 Å². The van der Waals surface area contributed by atoms with Crippen LogP contribution in [-0.2, 0) is 0 Å². The van der Waals surface area contributed by atoms with E-state index in [1.807, 2.05) is 28.8 Å². The highest BCUT2D eigenvalue weighted by molar-refractivity contribution is 7.16. The van der Waals surface area contributed by atoms with Crippen LogP contribution in [0.25, 0.3) is 4.96 Å². The van der Waals surface area contributed by atoms with Gasteiger partial charge in [-0.05, 0) is 25.0 Å². The van der Waals surface area contributed by atoms with E-state index in [1.165, 1.54) is 43.4 Å². The number of para-hydroxylation sites is 2. The lowest BCUT2D eigenvalue weighted by molar-refractivity contribution is 0.0904. The van der Waals surface area contributed by atoms with Gasteiger partial charge in [0.05, 0.1) is 0 Å². The number of fused-ring (bicyclic) bond motifs is 2. The van der Waals surface area contributed by atoms with Gasteiger partial charge in [0.15, 0.2) is 28.4 Å². The second kappa shape index (κ2) is 5.73. The number of aromatic nitrogens is 4. The molecule has 24 heavy (non-hydrogen) atoms. The van der Waals surface area contributed by atoms with Crippen molar-refractivity contribution in [1.29, 1.82) is 0 Å². The van der Waals surface area contributed by atoms with E-state index in [9.17, 15) is 0 Å². The van der Waals surface area contributed by atoms with E-state index in [0.29, 0.717) is 12.5 Å². The van der Waals surface area contributed by atoms with Crippen LogP contribution in [0.2, 0.25) is 0 Å². The maximum Gasteiger partial charge on any atom is 0.234 e. The Labute approximate surface area is 143 Å². The first kappa shape index (κ1) is 14.2. The van der Waals surface area contributed by atoms with Crippen LogP contribution in [0.1, 0.15) is 55.0 Å². The van der Waals surface area contributed by atoms with Gasteiger partial charge in [0.2, 0.25) is 4.96 Å². The quantitative estimate of drug-likeness (QED) is 0.710. The van der Waals surface area contributed by atoms with E-state index in [4.69, 9.17) is 14.6 Å². The molecule has 7 heteroatoms. The van der Waals surface area contributed by atoms with Crippen LogP contribution >= 0.6 is 11.3 Å². The summed E-state index contributed by atoms with van der Waals surface area (Å²) in [7, 11) is 0. The Morgan fingerprint density at radius 2 is 1.88 bits per heavy atom. The number of hydrogen-bond acceptors (Lipinski definition) is 6.